The minimum absolute atomic E-state index is 0.507. The molecule has 0 fully saturated rings. The topological polar surface area (TPSA) is 141 Å². The van der Waals surface area contributed by atoms with Gasteiger partial charge in [-0.15, -0.1) is 0 Å². The number of hydrogen-bond acceptors (Lipinski definition) is 4. The lowest BCUT2D eigenvalue weighted by atomic mass is 10.3. The maximum atomic E-state index is 12.6. The molecule has 0 unspecified atom stereocenters. The molecule has 0 saturated heterocycles. The molecular weight excluding hydrogens is 303 g/mol. The number of carbonyl (C=O) groups excluding carboxylic acids is 1. The summed E-state index contributed by atoms with van der Waals surface area (Å²) in [7, 11) is -4.87. The number of rotatable bonds is 2. The summed E-state index contributed by atoms with van der Waals surface area (Å²) in [4.78, 5) is 17.0. The van der Waals surface area contributed by atoms with Crippen LogP contribution in [0.1, 0.15) is 5.56 Å². The summed E-state index contributed by atoms with van der Waals surface area (Å²) in [5, 5.41) is -1.35. The Hall–Kier alpha value is -2.37. The Kier molecular flexibility index (Phi) is 4.17. The van der Waals surface area contributed by atoms with E-state index in [0.29, 0.717) is 6.07 Å². The Bertz CT molecular complexity index is 652. The molecule has 0 atom stereocenters. The van der Waals surface area contributed by atoms with E-state index in [1.54, 1.807) is 0 Å². The quantitative estimate of drug-likeness (QED) is 0.509. The van der Waals surface area contributed by atoms with Gasteiger partial charge in [-0.1, -0.05) is 0 Å². The van der Waals surface area contributed by atoms with Crippen molar-refractivity contribution in [2.45, 2.75) is 11.2 Å². The van der Waals surface area contributed by atoms with Gasteiger partial charge in [0.25, 0.3) is 10.0 Å². The second kappa shape index (κ2) is 5.32. The zero-order valence-corrected chi connectivity index (χ0v) is 10.4. The monoisotopic (exact) mass is 311 g/mol. The molecule has 0 spiro atoms. The van der Waals surface area contributed by atoms with Crippen LogP contribution in [0.2, 0.25) is 0 Å². The fraction of sp³-hybridized carbons (Fsp3) is 0.125. The van der Waals surface area contributed by atoms with Gasteiger partial charge in [0.1, 0.15) is 0 Å². The van der Waals surface area contributed by atoms with E-state index >= 15 is 0 Å². The van der Waals surface area contributed by atoms with Crippen LogP contribution in [-0.2, 0) is 16.2 Å². The van der Waals surface area contributed by atoms with Crippen LogP contribution in [0.15, 0.2) is 28.3 Å². The Morgan fingerprint density at radius 2 is 1.95 bits per heavy atom. The maximum Gasteiger partial charge on any atom is 0.419 e. The lowest BCUT2D eigenvalue weighted by Gasteiger charge is -2.11. The Balaban J connectivity index is 3.24. The Labute approximate surface area is 110 Å². The van der Waals surface area contributed by atoms with E-state index in [1.807, 2.05) is 0 Å². The number of urea groups is 1. The number of alkyl halides is 3. The number of aromatic nitrogens is 1. The molecule has 0 aliphatic heterocycles. The van der Waals surface area contributed by atoms with Crippen molar-refractivity contribution in [3.05, 3.63) is 23.9 Å². The maximum absolute atomic E-state index is 12.6. The van der Waals surface area contributed by atoms with Crippen molar-refractivity contribution in [2.75, 3.05) is 0 Å². The number of nitrogens with zero attached hydrogens (tertiary/aromatic N) is 2. The van der Waals surface area contributed by atoms with Crippen molar-refractivity contribution in [3.8, 4) is 0 Å². The highest BCUT2D eigenvalue weighted by atomic mass is 32.2. The number of nitrogens with one attached hydrogen (secondary N) is 1. The van der Waals surface area contributed by atoms with Gasteiger partial charge in [0, 0.05) is 6.20 Å². The van der Waals surface area contributed by atoms with Crippen LogP contribution >= 0.6 is 0 Å². The molecule has 1 rings (SSSR count). The summed E-state index contributed by atoms with van der Waals surface area (Å²) >= 11 is 0. The predicted molar refractivity (Wildman–Crippen MR) is 60.8 cm³/mol. The molecule has 2 amide bonds. The van der Waals surface area contributed by atoms with Gasteiger partial charge in [-0.3, -0.25) is 0 Å². The lowest BCUT2D eigenvalue weighted by Crippen LogP contribution is -2.33. The second-order valence-corrected chi connectivity index (χ2v) is 4.90. The van der Waals surface area contributed by atoms with E-state index in [4.69, 9.17) is 11.5 Å². The molecule has 8 nitrogen and oxygen atoms in total. The molecule has 0 bridgehead atoms. The molecule has 0 saturated carbocycles. The average molecular weight is 311 g/mol. The van der Waals surface area contributed by atoms with Crippen LogP contribution in [0.4, 0.5) is 18.0 Å². The highest BCUT2D eigenvalue weighted by Gasteiger charge is 2.38. The summed E-state index contributed by atoms with van der Waals surface area (Å²) in [5.74, 6) is -0.755. The molecule has 0 aliphatic carbocycles. The smallest absolute Gasteiger partial charge is 0.370 e. The number of aliphatic imine (C=N–C) groups is 1. The van der Waals surface area contributed by atoms with Gasteiger partial charge in [-0.2, -0.15) is 26.6 Å². The van der Waals surface area contributed by atoms with E-state index in [9.17, 15) is 26.4 Å². The third-order valence-electron chi connectivity index (χ3n) is 1.78. The SMILES string of the molecule is NC(N)=NC(=O)NS(=O)(=O)c1ncccc1C(F)(F)F. The van der Waals surface area contributed by atoms with Gasteiger partial charge in [0.2, 0.25) is 0 Å². The standard InChI is InChI=1S/C8H8F3N5O3S/c9-8(10,11)4-2-1-3-14-5(4)20(18,19)16-7(17)15-6(12)13/h1-3H,(H5,12,13,15,16,17). The molecule has 12 heteroatoms. The minimum Gasteiger partial charge on any atom is -0.370 e. The summed E-state index contributed by atoms with van der Waals surface area (Å²) < 4.78 is 62.5. The number of amides is 2. The van der Waals surface area contributed by atoms with Crippen LogP contribution in [0.25, 0.3) is 0 Å². The fourth-order valence-corrected chi connectivity index (χ4v) is 2.17. The molecule has 20 heavy (non-hydrogen) atoms. The highest BCUT2D eigenvalue weighted by molar-refractivity contribution is 7.90. The van der Waals surface area contributed by atoms with E-state index in [0.717, 1.165) is 12.3 Å². The molecule has 1 aromatic heterocycles. The van der Waals surface area contributed by atoms with Gasteiger partial charge < -0.3 is 11.5 Å². The van der Waals surface area contributed by atoms with Crippen molar-refractivity contribution in [3.63, 3.8) is 0 Å². The predicted octanol–water partition coefficient (Wildman–Crippen LogP) is -0.228. The molecule has 5 N–H and O–H groups in total. The van der Waals surface area contributed by atoms with E-state index < -0.39 is 38.8 Å². The van der Waals surface area contributed by atoms with Gasteiger partial charge in [-0.25, -0.2) is 14.5 Å². The Morgan fingerprint density at radius 1 is 1.35 bits per heavy atom. The van der Waals surface area contributed by atoms with Crippen molar-refractivity contribution in [2.24, 2.45) is 16.5 Å². The molecule has 110 valence electrons. The number of halogens is 3. The van der Waals surface area contributed by atoms with Gasteiger partial charge in [0.05, 0.1) is 5.56 Å². The van der Waals surface area contributed by atoms with Crippen LogP contribution in [0.3, 0.4) is 0 Å². The molecule has 1 aromatic rings. The van der Waals surface area contributed by atoms with Crippen molar-refractivity contribution in [1.29, 1.82) is 0 Å². The Morgan fingerprint density at radius 3 is 2.45 bits per heavy atom. The number of sulfonamides is 1. The minimum atomic E-state index is -4.96. The molecule has 0 aromatic carbocycles. The van der Waals surface area contributed by atoms with Crippen LogP contribution in [0.5, 0.6) is 0 Å². The average Bonchev–Trinajstić information content (AvgIpc) is 2.25. The van der Waals surface area contributed by atoms with Crippen molar-refractivity contribution >= 4 is 22.0 Å². The third-order valence-corrected chi connectivity index (χ3v) is 3.06. The first-order chi connectivity index (χ1) is 9.04. The summed E-state index contributed by atoms with van der Waals surface area (Å²) in [5.41, 5.74) is 8.13. The zero-order chi connectivity index (χ0) is 15.6. The molecule has 1 heterocycles. The van der Waals surface area contributed by atoms with Gasteiger partial charge in [0.15, 0.2) is 11.0 Å². The largest absolute Gasteiger partial charge is 0.419 e. The van der Waals surface area contributed by atoms with Gasteiger partial charge >= 0.3 is 12.2 Å². The third kappa shape index (κ3) is 3.81. The van der Waals surface area contributed by atoms with E-state index in [2.05, 4.69) is 9.98 Å². The first-order valence-corrected chi connectivity index (χ1v) is 6.21. The summed E-state index contributed by atoms with van der Waals surface area (Å²) in [6.45, 7) is 0. The normalized spacial score (nSPS) is 11.8. The zero-order valence-electron chi connectivity index (χ0n) is 9.55. The molecular formula is C8H8F3N5O3S. The number of carbonyl (C=O) groups is 1. The van der Waals surface area contributed by atoms with Crippen LogP contribution in [0, 0.1) is 0 Å². The van der Waals surface area contributed by atoms with Crippen molar-refractivity contribution < 1.29 is 26.4 Å². The second-order valence-electron chi connectivity index (χ2n) is 3.30. The van der Waals surface area contributed by atoms with Crippen molar-refractivity contribution in [1.82, 2.24) is 9.71 Å². The first kappa shape index (κ1) is 15.7. The lowest BCUT2D eigenvalue weighted by molar-refractivity contribution is -0.140. The summed E-state index contributed by atoms with van der Waals surface area (Å²) in [6.07, 6.45) is -4.13. The van der Waals surface area contributed by atoms with Gasteiger partial charge in [-0.05, 0) is 12.1 Å². The van der Waals surface area contributed by atoms with E-state index in [-0.39, 0.29) is 0 Å². The fourth-order valence-electron chi connectivity index (χ4n) is 1.12. The van der Waals surface area contributed by atoms with E-state index in [1.165, 1.54) is 4.72 Å². The molecule has 0 aliphatic rings. The van der Waals surface area contributed by atoms with Crippen LogP contribution < -0.4 is 16.2 Å². The number of guanidine groups is 1. The first-order valence-electron chi connectivity index (χ1n) is 4.72. The summed E-state index contributed by atoms with van der Waals surface area (Å²) in [6, 6.07) is -0.129. The van der Waals surface area contributed by atoms with Crippen LogP contribution in [-0.4, -0.2) is 25.4 Å². The molecule has 0 radical (unpaired) electrons. The number of pyridine rings is 1. The number of nitrogens with two attached hydrogens (primary N) is 2. The highest BCUT2D eigenvalue weighted by Crippen LogP contribution is 2.32. The number of hydrogen-bond donors (Lipinski definition) is 3.